The summed E-state index contributed by atoms with van der Waals surface area (Å²) in [6.07, 6.45) is 7.81. The lowest BCUT2D eigenvalue weighted by atomic mass is 9.75. The lowest BCUT2D eigenvalue weighted by Gasteiger charge is -2.33. The van der Waals surface area contributed by atoms with Gasteiger partial charge in [0.15, 0.2) is 0 Å². The molecule has 0 bridgehead atoms. The third-order valence-corrected chi connectivity index (χ3v) is 4.83. The summed E-state index contributed by atoms with van der Waals surface area (Å²) in [4.78, 5) is 0. The molecule has 2 rings (SSSR count). The predicted molar refractivity (Wildman–Crippen MR) is 80.1 cm³/mol. The summed E-state index contributed by atoms with van der Waals surface area (Å²) in [7, 11) is 0. The minimum Gasteiger partial charge on any atom is -0.393 e. The summed E-state index contributed by atoms with van der Waals surface area (Å²) in [6.45, 7) is 0. The Kier molecular flexibility index (Phi) is 5.58. The maximum absolute atomic E-state index is 10.1. The van der Waals surface area contributed by atoms with Crippen molar-refractivity contribution in [2.24, 2.45) is 5.92 Å². The van der Waals surface area contributed by atoms with E-state index in [1.54, 1.807) is 0 Å². The second-order valence-electron chi connectivity index (χ2n) is 5.38. The molecule has 1 aliphatic rings. The fourth-order valence-corrected chi connectivity index (χ4v) is 3.53. The average molecular weight is 264 g/mol. The van der Waals surface area contributed by atoms with Gasteiger partial charge in [-0.15, -0.1) is 0 Å². The lowest BCUT2D eigenvalue weighted by molar-refractivity contribution is 0.0571. The van der Waals surface area contributed by atoms with Crippen molar-refractivity contribution in [1.82, 2.24) is 0 Å². The summed E-state index contributed by atoms with van der Waals surface area (Å²) in [6, 6.07) is 10.8. The Bertz CT molecular complexity index is 338. The van der Waals surface area contributed by atoms with Gasteiger partial charge in [-0.05, 0) is 61.5 Å². The van der Waals surface area contributed by atoms with Crippen LogP contribution in [0.4, 0.5) is 0 Å². The van der Waals surface area contributed by atoms with E-state index in [0.29, 0.717) is 11.8 Å². The first-order chi connectivity index (χ1) is 8.81. The van der Waals surface area contributed by atoms with E-state index in [1.807, 2.05) is 11.8 Å². The van der Waals surface area contributed by atoms with Gasteiger partial charge < -0.3 is 5.11 Å². The molecule has 0 amide bonds. The van der Waals surface area contributed by atoms with E-state index in [9.17, 15) is 5.11 Å². The fraction of sp³-hybridized carbons (Fsp3) is 0.625. The fourth-order valence-electron chi connectivity index (χ4n) is 3.08. The van der Waals surface area contributed by atoms with Crippen molar-refractivity contribution < 1.29 is 5.11 Å². The number of aliphatic hydroxyl groups excluding tert-OH is 1. The molecule has 1 aliphatic carbocycles. The van der Waals surface area contributed by atoms with E-state index < -0.39 is 0 Å². The van der Waals surface area contributed by atoms with Crippen LogP contribution in [0.1, 0.15) is 43.6 Å². The largest absolute Gasteiger partial charge is 0.393 e. The van der Waals surface area contributed by atoms with Crippen molar-refractivity contribution in [1.29, 1.82) is 0 Å². The zero-order valence-corrected chi connectivity index (χ0v) is 12.0. The summed E-state index contributed by atoms with van der Waals surface area (Å²) < 4.78 is 0. The van der Waals surface area contributed by atoms with Gasteiger partial charge in [-0.1, -0.05) is 30.3 Å². The first kappa shape index (κ1) is 14.0. The van der Waals surface area contributed by atoms with Crippen LogP contribution in [0.2, 0.25) is 0 Å². The monoisotopic (exact) mass is 264 g/mol. The van der Waals surface area contributed by atoms with Gasteiger partial charge in [0.25, 0.3) is 0 Å². The molecule has 2 heteroatoms. The Morgan fingerprint density at radius 1 is 1.22 bits per heavy atom. The average Bonchev–Trinajstić information content (AvgIpc) is 2.42. The first-order valence-electron chi connectivity index (χ1n) is 7.03. The third kappa shape index (κ3) is 3.76. The lowest BCUT2D eigenvalue weighted by Crippen LogP contribution is -2.28. The zero-order chi connectivity index (χ0) is 12.8. The molecule has 1 N–H and O–H groups in total. The number of rotatable bonds is 5. The molecular weight excluding hydrogens is 240 g/mol. The molecule has 0 spiro atoms. The number of aliphatic hydroxyl groups is 1. The van der Waals surface area contributed by atoms with E-state index in [0.717, 1.165) is 12.8 Å². The summed E-state index contributed by atoms with van der Waals surface area (Å²) in [5.41, 5.74) is 1.46. The van der Waals surface area contributed by atoms with Crippen LogP contribution in [-0.2, 0) is 0 Å². The Balaban J connectivity index is 1.91. The Hall–Kier alpha value is -0.470. The van der Waals surface area contributed by atoms with Gasteiger partial charge in [0.1, 0.15) is 0 Å². The van der Waals surface area contributed by atoms with Gasteiger partial charge in [-0.25, -0.2) is 0 Å². The van der Waals surface area contributed by atoms with Crippen LogP contribution in [0.15, 0.2) is 30.3 Å². The topological polar surface area (TPSA) is 20.2 Å². The highest BCUT2D eigenvalue weighted by Crippen LogP contribution is 2.38. The third-order valence-electron chi connectivity index (χ3n) is 4.14. The number of thioether (sulfide) groups is 1. The smallest absolute Gasteiger partial charge is 0.0568 e. The molecule has 0 aromatic heterocycles. The maximum atomic E-state index is 10.1. The predicted octanol–water partition coefficient (Wildman–Crippen LogP) is 4.07. The molecule has 0 radical (unpaired) electrons. The van der Waals surface area contributed by atoms with Gasteiger partial charge in [0.2, 0.25) is 0 Å². The van der Waals surface area contributed by atoms with Crippen LogP contribution >= 0.6 is 11.8 Å². The van der Waals surface area contributed by atoms with Gasteiger partial charge in [0, 0.05) is 0 Å². The molecule has 1 aromatic carbocycles. The minimum atomic E-state index is -0.0631. The standard InChI is InChI=1S/C16H24OS/c1-18-11-5-8-15-12-14(9-10-16(15)17)13-6-3-2-4-7-13/h2-4,6-7,14-17H,5,8-12H2,1H3. The summed E-state index contributed by atoms with van der Waals surface area (Å²) >= 11 is 1.91. The van der Waals surface area contributed by atoms with Gasteiger partial charge >= 0.3 is 0 Å². The number of hydrogen-bond donors (Lipinski definition) is 1. The van der Waals surface area contributed by atoms with Crippen molar-refractivity contribution in [3.8, 4) is 0 Å². The molecule has 3 atom stereocenters. The highest BCUT2D eigenvalue weighted by atomic mass is 32.2. The van der Waals surface area contributed by atoms with Crippen LogP contribution in [0.3, 0.4) is 0 Å². The zero-order valence-electron chi connectivity index (χ0n) is 11.2. The van der Waals surface area contributed by atoms with E-state index in [-0.39, 0.29) is 6.10 Å². The van der Waals surface area contributed by atoms with E-state index in [2.05, 4.69) is 36.6 Å². The van der Waals surface area contributed by atoms with Crippen molar-refractivity contribution in [3.63, 3.8) is 0 Å². The normalized spacial score (nSPS) is 28.2. The van der Waals surface area contributed by atoms with Crippen LogP contribution < -0.4 is 0 Å². The Labute approximate surface area is 115 Å². The minimum absolute atomic E-state index is 0.0631. The van der Waals surface area contributed by atoms with Gasteiger partial charge in [-0.3, -0.25) is 0 Å². The van der Waals surface area contributed by atoms with Crippen LogP contribution in [0, 0.1) is 5.92 Å². The molecular formula is C16H24OS. The van der Waals surface area contributed by atoms with Crippen molar-refractivity contribution in [3.05, 3.63) is 35.9 Å². The second kappa shape index (κ2) is 7.20. The van der Waals surface area contributed by atoms with Crippen LogP contribution in [0.25, 0.3) is 0 Å². The molecule has 3 unspecified atom stereocenters. The summed E-state index contributed by atoms with van der Waals surface area (Å²) in [5, 5.41) is 10.1. The molecule has 18 heavy (non-hydrogen) atoms. The molecule has 1 nitrogen and oxygen atoms in total. The Morgan fingerprint density at radius 3 is 2.72 bits per heavy atom. The van der Waals surface area contributed by atoms with Gasteiger partial charge in [-0.2, -0.15) is 11.8 Å². The summed E-state index contributed by atoms with van der Waals surface area (Å²) in [5.74, 6) is 2.39. The number of benzene rings is 1. The SMILES string of the molecule is CSCCCC1CC(c2ccccc2)CCC1O. The van der Waals surface area contributed by atoms with Crippen LogP contribution in [-0.4, -0.2) is 23.2 Å². The molecule has 0 heterocycles. The van der Waals surface area contributed by atoms with Crippen molar-refractivity contribution in [2.75, 3.05) is 12.0 Å². The molecule has 100 valence electrons. The molecule has 1 fully saturated rings. The van der Waals surface area contributed by atoms with Crippen molar-refractivity contribution >= 4 is 11.8 Å². The molecule has 1 saturated carbocycles. The van der Waals surface area contributed by atoms with E-state index in [1.165, 1.54) is 30.6 Å². The highest BCUT2D eigenvalue weighted by Gasteiger charge is 2.29. The molecule has 1 aromatic rings. The van der Waals surface area contributed by atoms with Crippen LogP contribution in [0.5, 0.6) is 0 Å². The van der Waals surface area contributed by atoms with E-state index >= 15 is 0 Å². The van der Waals surface area contributed by atoms with E-state index in [4.69, 9.17) is 0 Å². The second-order valence-corrected chi connectivity index (χ2v) is 6.37. The maximum Gasteiger partial charge on any atom is 0.0568 e. The first-order valence-corrected chi connectivity index (χ1v) is 8.42. The molecule has 0 aliphatic heterocycles. The molecule has 0 saturated heterocycles. The number of hydrogen-bond acceptors (Lipinski definition) is 2. The Morgan fingerprint density at radius 2 is 2.00 bits per heavy atom. The van der Waals surface area contributed by atoms with Crippen molar-refractivity contribution in [2.45, 2.75) is 44.1 Å². The quantitative estimate of drug-likeness (QED) is 0.809. The highest BCUT2D eigenvalue weighted by molar-refractivity contribution is 7.98. The van der Waals surface area contributed by atoms with Gasteiger partial charge in [0.05, 0.1) is 6.10 Å².